The van der Waals surface area contributed by atoms with Crippen molar-refractivity contribution in [1.29, 1.82) is 0 Å². The molecular weight excluding hydrogens is 506 g/mol. The lowest BCUT2D eigenvalue weighted by Crippen LogP contribution is -2.35. The highest BCUT2D eigenvalue weighted by molar-refractivity contribution is 9.10. The molecule has 9 heteroatoms. The van der Waals surface area contributed by atoms with Crippen LogP contribution in [0.15, 0.2) is 69.8 Å². The number of benzene rings is 2. The molecule has 0 atom stereocenters. The number of hydrogen-bond donors (Lipinski definition) is 3. The molecule has 0 aliphatic carbocycles. The standard InChI is InChI=1S/C24H24BrN3O4S/c1-2-3-12-32-21-11-10-16(14-19(21)25)22(29)28-24(33)27-20-9-5-4-8-18(20)23(30)26-15-17-7-6-13-31-17/h4-11,13-14H,2-3,12,15H2,1H3,(H,26,30)(H2,27,28,29,33). The number of anilines is 1. The van der Waals surface area contributed by atoms with E-state index in [-0.39, 0.29) is 23.5 Å². The monoisotopic (exact) mass is 529 g/mol. The average molecular weight is 530 g/mol. The van der Waals surface area contributed by atoms with Crippen molar-refractivity contribution < 1.29 is 18.7 Å². The molecule has 0 unspecified atom stereocenters. The van der Waals surface area contributed by atoms with Gasteiger partial charge in [0.05, 0.1) is 35.1 Å². The normalized spacial score (nSPS) is 10.4. The van der Waals surface area contributed by atoms with E-state index < -0.39 is 0 Å². The molecule has 172 valence electrons. The van der Waals surface area contributed by atoms with Gasteiger partial charge in [-0.3, -0.25) is 14.9 Å². The number of amides is 2. The molecule has 0 saturated carbocycles. The zero-order chi connectivity index (χ0) is 23.6. The summed E-state index contributed by atoms with van der Waals surface area (Å²) in [5, 5.41) is 8.43. The van der Waals surface area contributed by atoms with E-state index in [0.717, 1.165) is 12.8 Å². The first-order valence-corrected chi connectivity index (χ1v) is 11.6. The van der Waals surface area contributed by atoms with Gasteiger partial charge in [0.25, 0.3) is 11.8 Å². The number of rotatable bonds is 9. The summed E-state index contributed by atoms with van der Waals surface area (Å²) >= 11 is 8.73. The zero-order valence-electron chi connectivity index (χ0n) is 18.0. The minimum atomic E-state index is -0.381. The first-order chi connectivity index (χ1) is 16.0. The predicted octanol–water partition coefficient (Wildman–Crippen LogP) is 5.28. The van der Waals surface area contributed by atoms with Crippen LogP contribution in [0.4, 0.5) is 5.69 Å². The van der Waals surface area contributed by atoms with Gasteiger partial charge in [0.1, 0.15) is 11.5 Å². The molecular formula is C24H24BrN3O4S. The molecule has 0 spiro atoms. The highest BCUT2D eigenvalue weighted by atomic mass is 79.9. The Balaban J connectivity index is 1.60. The summed E-state index contributed by atoms with van der Waals surface area (Å²) in [7, 11) is 0. The molecule has 1 aromatic heterocycles. The summed E-state index contributed by atoms with van der Waals surface area (Å²) in [5.41, 5.74) is 1.27. The summed E-state index contributed by atoms with van der Waals surface area (Å²) in [6.07, 6.45) is 3.54. The molecule has 3 N–H and O–H groups in total. The highest BCUT2D eigenvalue weighted by Gasteiger charge is 2.15. The van der Waals surface area contributed by atoms with Crippen LogP contribution in [0, 0.1) is 0 Å². The van der Waals surface area contributed by atoms with Gasteiger partial charge in [-0.15, -0.1) is 0 Å². The lowest BCUT2D eigenvalue weighted by molar-refractivity contribution is 0.0947. The summed E-state index contributed by atoms with van der Waals surface area (Å²) in [6.45, 7) is 2.96. The van der Waals surface area contributed by atoms with Gasteiger partial charge in [-0.1, -0.05) is 25.5 Å². The second-order valence-corrected chi connectivity index (χ2v) is 8.33. The number of carbonyl (C=O) groups is 2. The molecule has 3 rings (SSSR count). The minimum Gasteiger partial charge on any atom is -0.492 e. The Morgan fingerprint density at radius 2 is 1.91 bits per heavy atom. The Labute approximate surface area is 206 Å². The van der Waals surface area contributed by atoms with Crippen LogP contribution in [-0.2, 0) is 6.54 Å². The van der Waals surface area contributed by atoms with E-state index >= 15 is 0 Å². The Bertz CT molecular complexity index is 1120. The van der Waals surface area contributed by atoms with Gasteiger partial charge < -0.3 is 19.8 Å². The maximum Gasteiger partial charge on any atom is 0.257 e. The smallest absolute Gasteiger partial charge is 0.257 e. The molecule has 0 bridgehead atoms. The Morgan fingerprint density at radius 3 is 2.64 bits per heavy atom. The fourth-order valence-corrected chi connectivity index (χ4v) is 3.58. The van der Waals surface area contributed by atoms with E-state index in [2.05, 4.69) is 38.8 Å². The van der Waals surface area contributed by atoms with Crippen LogP contribution in [0.5, 0.6) is 5.75 Å². The molecule has 33 heavy (non-hydrogen) atoms. The molecule has 3 aromatic rings. The number of ether oxygens (including phenoxy) is 1. The van der Waals surface area contributed by atoms with E-state index in [4.69, 9.17) is 21.4 Å². The third kappa shape index (κ3) is 7.16. The third-order valence-electron chi connectivity index (χ3n) is 4.60. The quantitative estimate of drug-likeness (QED) is 0.258. The molecule has 2 amide bonds. The number of carbonyl (C=O) groups excluding carboxylic acids is 2. The molecule has 2 aromatic carbocycles. The van der Waals surface area contributed by atoms with Gasteiger partial charge in [0, 0.05) is 5.56 Å². The molecule has 0 saturated heterocycles. The summed E-state index contributed by atoms with van der Waals surface area (Å²) in [6, 6.07) is 15.5. The van der Waals surface area contributed by atoms with Crippen LogP contribution >= 0.6 is 28.1 Å². The first-order valence-electron chi connectivity index (χ1n) is 10.4. The summed E-state index contributed by atoms with van der Waals surface area (Å²) in [4.78, 5) is 25.2. The number of unbranched alkanes of at least 4 members (excludes halogenated alkanes) is 1. The van der Waals surface area contributed by atoms with Crippen molar-refractivity contribution in [3.05, 3.63) is 82.2 Å². The van der Waals surface area contributed by atoms with Crippen molar-refractivity contribution in [3.63, 3.8) is 0 Å². The topological polar surface area (TPSA) is 92.6 Å². The fourth-order valence-electron chi connectivity index (χ4n) is 2.88. The minimum absolute atomic E-state index is 0.0747. The lowest BCUT2D eigenvalue weighted by atomic mass is 10.1. The van der Waals surface area contributed by atoms with Gasteiger partial charge in [-0.25, -0.2) is 0 Å². The van der Waals surface area contributed by atoms with E-state index in [0.29, 0.717) is 39.4 Å². The van der Waals surface area contributed by atoms with Crippen molar-refractivity contribution in [1.82, 2.24) is 10.6 Å². The maximum atomic E-state index is 12.6. The van der Waals surface area contributed by atoms with Crippen molar-refractivity contribution in [2.24, 2.45) is 0 Å². The average Bonchev–Trinajstić information content (AvgIpc) is 3.32. The van der Waals surface area contributed by atoms with Crippen molar-refractivity contribution in [2.45, 2.75) is 26.3 Å². The predicted molar refractivity (Wildman–Crippen MR) is 135 cm³/mol. The molecule has 0 aliphatic rings. The van der Waals surface area contributed by atoms with Gasteiger partial charge in [-0.05, 0) is 77.0 Å². The number of furan rings is 1. The Kier molecular flexibility index (Phi) is 9.03. The van der Waals surface area contributed by atoms with Crippen LogP contribution in [0.1, 0.15) is 46.2 Å². The third-order valence-corrected chi connectivity index (χ3v) is 5.42. The van der Waals surface area contributed by atoms with Crippen LogP contribution in [0.25, 0.3) is 0 Å². The van der Waals surface area contributed by atoms with Crippen molar-refractivity contribution in [2.75, 3.05) is 11.9 Å². The molecule has 0 fully saturated rings. The second kappa shape index (κ2) is 12.2. The molecule has 0 aliphatic heterocycles. The number of para-hydroxylation sites is 1. The Morgan fingerprint density at radius 1 is 1.09 bits per heavy atom. The highest BCUT2D eigenvalue weighted by Crippen LogP contribution is 2.26. The van der Waals surface area contributed by atoms with Gasteiger partial charge >= 0.3 is 0 Å². The molecule has 0 radical (unpaired) electrons. The number of nitrogens with one attached hydrogen (secondary N) is 3. The maximum absolute atomic E-state index is 12.6. The summed E-state index contributed by atoms with van der Waals surface area (Å²) < 4.78 is 11.6. The lowest BCUT2D eigenvalue weighted by Gasteiger charge is -2.14. The first kappa shape index (κ1) is 24.5. The summed E-state index contributed by atoms with van der Waals surface area (Å²) in [5.74, 6) is 0.638. The Hall–Kier alpha value is -3.17. The number of thiocarbonyl (C=S) groups is 1. The van der Waals surface area contributed by atoms with Crippen molar-refractivity contribution in [3.8, 4) is 5.75 Å². The zero-order valence-corrected chi connectivity index (χ0v) is 20.4. The van der Waals surface area contributed by atoms with E-state index in [1.807, 2.05) is 0 Å². The largest absolute Gasteiger partial charge is 0.492 e. The molecule has 7 nitrogen and oxygen atoms in total. The molecule has 1 heterocycles. The van der Waals surface area contributed by atoms with Crippen LogP contribution < -0.4 is 20.7 Å². The second-order valence-electron chi connectivity index (χ2n) is 7.06. The van der Waals surface area contributed by atoms with E-state index in [1.165, 1.54) is 0 Å². The van der Waals surface area contributed by atoms with Crippen molar-refractivity contribution >= 4 is 50.8 Å². The van der Waals surface area contributed by atoms with Crippen LogP contribution in [-0.4, -0.2) is 23.5 Å². The number of halogens is 1. The number of hydrogen-bond acceptors (Lipinski definition) is 5. The van der Waals surface area contributed by atoms with Crippen LogP contribution in [0.2, 0.25) is 0 Å². The van der Waals surface area contributed by atoms with Gasteiger partial charge in [0.2, 0.25) is 0 Å². The van der Waals surface area contributed by atoms with Gasteiger partial charge in [0.15, 0.2) is 5.11 Å². The van der Waals surface area contributed by atoms with Crippen LogP contribution in [0.3, 0.4) is 0 Å². The van der Waals surface area contributed by atoms with E-state index in [9.17, 15) is 9.59 Å². The van der Waals surface area contributed by atoms with Gasteiger partial charge in [-0.2, -0.15) is 0 Å². The fraction of sp³-hybridized carbons (Fsp3) is 0.208. The SMILES string of the molecule is CCCCOc1ccc(C(=O)NC(=S)Nc2ccccc2C(=O)NCc2ccco2)cc1Br. The van der Waals surface area contributed by atoms with E-state index in [1.54, 1.807) is 60.9 Å².